The van der Waals surface area contributed by atoms with E-state index >= 15 is 0 Å². The number of carbonyl (C=O) groups excluding carboxylic acids is 1. The molecule has 1 amide bonds. The molecule has 0 aromatic heterocycles. The Bertz CT molecular complexity index is 371. The number of nitrogens with one attached hydrogen (secondary N) is 1. The van der Waals surface area contributed by atoms with Gasteiger partial charge in [-0.15, -0.1) is 0 Å². The van der Waals surface area contributed by atoms with Crippen LogP contribution in [-0.2, 0) is 9.59 Å². The van der Waals surface area contributed by atoms with Crippen molar-refractivity contribution in [3.8, 4) is 0 Å². The van der Waals surface area contributed by atoms with E-state index in [1.165, 1.54) is 6.08 Å². The van der Waals surface area contributed by atoms with E-state index in [-0.39, 0.29) is 0 Å². The maximum atomic E-state index is 10.2. The molecule has 72 valence electrons. The Morgan fingerprint density at radius 2 is 2.21 bits per heavy atom. The molecule has 0 heterocycles. The van der Waals surface area contributed by atoms with Crippen LogP contribution in [0.2, 0.25) is 0 Å². The summed E-state index contributed by atoms with van der Waals surface area (Å²) in [6, 6.07) is 6.86. The topological polar surface area (TPSA) is 66.4 Å². The van der Waals surface area contributed by atoms with Crippen molar-refractivity contribution >= 4 is 24.1 Å². The quantitative estimate of drug-likeness (QED) is 0.557. The molecule has 0 aliphatic carbocycles. The molecule has 0 aliphatic heterocycles. The third kappa shape index (κ3) is 3.10. The fourth-order valence-corrected chi connectivity index (χ4v) is 0.968. The Balaban J connectivity index is 2.82. The summed E-state index contributed by atoms with van der Waals surface area (Å²) in [6.07, 6.45) is 3.07. The number of anilines is 1. The van der Waals surface area contributed by atoms with Gasteiger partial charge in [-0.1, -0.05) is 12.1 Å². The predicted octanol–water partition coefficient (Wildman–Crippen LogP) is 1.35. The lowest BCUT2D eigenvalue weighted by molar-refractivity contribution is -0.131. The van der Waals surface area contributed by atoms with Crippen LogP contribution in [0.5, 0.6) is 0 Å². The molecule has 1 aromatic carbocycles. The van der Waals surface area contributed by atoms with Gasteiger partial charge in [0, 0.05) is 11.8 Å². The fourth-order valence-electron chi connectivity index (χ4n) is 0.968. The minimum absolute atomic E-state index is 0.569. The van der Waals surface area contributed by atoms with Crippen LogP contribution >= 0.6 is 0 Å². The second kappa shape index (κ2) is 4.81. The van der Waals surface area contributed by atoms with Crippen molar-refractivity contribution in [3.05, 3.63) is 35.9 Å². The summed E-state index contributed by atoms with van der Waals surface area (Å²) in [6.45, 7) is 0. The number of hydrogen-bond acceptors (Lipinski definition) is 2. The maximum Gasteiger partial charge on any atom is 0.328 e. The average Bonchev–Trinajstić information content (AvgIpc) is 2.16. The normalized spacial score (nSPS) is 10.0. The van der Waals surface area contributed by atoms with Crippen molar-refractivity contribution in [1.82, 2.24) is 0 Å². The van der Waals surface area contributed by atoms with Crippen LogP contribution < -0.4 is 5.32 Å². The van der Waals surface area contributed by atoms with E-state index in [4.69, 9.17) is 5.11 Å². The molecule has 0 fully saturated rings. The molecule has 0 bridgehead atoms. The standard InChI is InChI=1S/C10H9NO3/c12-7-11-9-3-1-2-8(6-9)4-5-10(13)14/h1-7H,(H,11,12)(H,13,14). The predicted molar refractivity (Wildman–Crippen MR) is 52.8 cm³/mol. The zero-order valence-corrected chi connectivity index (χ0v) is 7.31. The number of carboxylic acids is 1. The lowest BCUT2D eigenvalue weighted by Crippen LogP contribution is -1.93. The first-order valence-corrected chi connectivity index (χ1v) is 3.93. The summed E-state index contributed by atoms with van der Waals surface area (Å²) in [4.78, 5) is 20.4. The minimum atomic E-state index is -1.00. The first-order chi connectivity index (χ1) is 6.72. The summed E-state index contributed by atoms with van der Waals surface area (Å²) >= 11 is 0. The number of hydrogen-bond donors (Lipinski definition) is 2. The van der Waals surface area contributed by atoms with Crippen LogP contribution in [0.15, 0.2) is 30.3 Å². The Labute approximate surface area is 80.9 Å². The zero-order valence-electron chi connectivity index (χ0n) is 7.31. The second-order valence-electron chi connectivity index (χ2n) is 2.56. The smallest absolute Gasteiger partial charge is 0.328 e. The molecular weight excluding hydrogens is 182 g/mol. The van der Waals surface area contributed by atoms with Crippen molar-refractivity contribution in [2.45, 2.75) is 0 Å². The van der Waals surface area contributed by atoms with Gasteiger partial charge in [0.05, 0.1) is 0 Å². The molecule has 1 rings (SSSR count). The van der Waals surface area contributed by atoms with Gasteiger partial charge in [0.25, 0.3) is 0 Å². The van der Waals surface area contributed by atoms with Gasteiger partial charge >= 0.3 is 5.97 Å². The first-order valence-electron chi connectivity index (χ1n) is 3.93. The van der Waals surface area contributed by atoms with Gasteiger partial charge in [-0.25, -0.2) is 4.79 Å². The van der Waals surface area contributed by atoms with Gasteiger partial charge in [0.1, 0.15) is 0 Å². The van der Waals surface area contributed by atoms with Crippen LogP contribution in [0.1, 0.15) is 5.56 Å². The Hall–Kier alpha value is -2.10. The van der Waals surface area contributed by atoms with Crippen molar-refractivity contribution in [2.24, 2.45) is 0 Å². The maximum absolute atomic E-state index is 10.2. The molecule has 4 nitrogen and oxygen atoms in total. The molecule has 1 aromatic rings. The van der Waals surface area contributed by atoms with E-state index in [1.54, 1.807) is 24.3 Å². The molecule has 0 saturated heterocycles. The van der Waals surface area contributed by atoms with Crippen molar-refractivity contribution in [3.63, 3.8) is 0 Å². The van der Waals surface area contributed by atoms with Crippen LogP contribution in [0.25, 0.3) is 6.08 Å². The Morgan fingerprint density at radius 3 is 2.86 bits per heavy atom. The molecule has 0 spiro atoms. The summed E-state index contributed by atoms with van der Waals surface area (Å²) in [5.74, 6) is -1.00. The Kier molecular flexibility index (Phi) is 3.43. The van der Waals surface area contributed by atoms with Gasteiger partial charge in [-0.3, -0.25) is 4.79 Å². The number of rotatable bonds is 4. The summed E-state index contributed by atoms with van der Waals surface area (Å²) in [7, 11) is 0. The monoisotopic (exact) mass is 191 g/mol. The number of benzene rings is 1. The number of carbonyl (C=O) groups is 2. The second-order valence-corrected chi connectivity index (χ2v) is 2.56. The number of carboxylic acid groups (broad SMARTS) is 1. The zero-order chi connectivity index (χ0) is 10.4. The molecule has 2 N–H and O–H groups in total. The largest absolute Gasteiger partial charge is 0.478 e. The average molecular weight is 191 g/mol. The highest BCUT2D eigenvalue weighted by atomic mass is 16.4. The van der Waals surface area contributed by atoms with Crippen LogP contribution in [0.4, 0.5) is 5.69 Å². The summed E-state index contributed by atoms with van der Waals surface area (Å²) in [5.41, 5.74) is 1.35. The van der Waals surface area contributed by atoms with Crippen LogP contribution in [0.3, 0.4) is 0 Å². The van der Waals surface area contributed by atoms with Crippen LogP contribution in [0, 0.1) is 0 Å². The molecule has 14 heavy (non-hydrogen) atoms. The molecule has 0 unspecified atom stereocenters. The highest BCUT2D eigenvalue weighted by Crippen LogP contribution is 2.10. The van der Waals surface area contributed by atoms with Crippen molar-refractivity contribution in [2.75, 3.05) is 5.32 Å². The van der Waals surface area contributed by atoms with E-state index in [9.17, 15) is 9.59 Å². The third-order valence-electron chi connectivity index (χ3n) is 1.53. The van der Waals surface area contributed by atoms with Crippen LogP contribution in [-0.4, -0.2) is 17.5 Å². The highest BCUT2D eigenvalue weighted by molar-refractivity contribution is 5.85. The molecule has 0 saturated carbocycles. The van der Waals surface area contributed by atoms with Gasteiger partial charge in [0.2, 0.25) is 6.41 Å². The van der Waals surface area contributed by atoms with Gasteiger partial charge in [-0.2, -0.15) is 0 Å². The van der Waals surface area contributed by atoms with Crippen molar-refractivity contribution < 1.29 is 14.7 Å². The first kappa shape index (κ1) is 9.98. The van der Waals surface area contributed by atoms with E-state index < -0.39 is 5.97 Å². The minimum Gasteiger partial charge on any atom is -0.478 e. The summed E-state index contributed by atoms with van der Waals surface area (Å²) < 4.78 is 0. The van der Waals surface area contributed by atoms with E-state index in [2.05, 4.69) is 5.32 Å². The lowest BCUT2D eigenvalue weighted by Gasteiger charge is -1.98. The van der Waals surface area contributed by atoms with E-state index in [1.807, 2.05) is 0 Å². The molecule has 0 atom stereocenters. The van der Waals surface area contributed by atoms with Gasteiger partial charge in [-0.05, 0) is 23.8 Å². The van der Waals surface area contributed by atoms with Gasteiger partial charge in [0.15, 0.2) is 0 Å². The molecule has 0 aliphatic rings. The third-order valence-corrected chi connectivity index (χ3v) is 1.53. The number of aliphatic carboxylic acids is 1. The molecule has 4 heteroatoms. The fraction of sp³-hybridized carbons (Fsp3) is 0. The van der Waals surface area contributed by atoms with E-state index in [0.717, 1.165) is 11.6 Å². The molecular formula is C10H9NO3. The SMILES string of the molecule is O=CNc1cccc(C=CC(=O)O)c1. The highest BCUT2D eigenvalue weighted by Gasteiger charge is 1.92. The Morgan fingerprint density at radius 1 is 1.43 bits per heavy atom. The van der Waals surface area contributed by atoms with E-state index in [0.29, 0.717) is 12.1 Å². The number of amides is 1. The summed E-state index contributed by atoms with van der Waals surface area (Å²) in [5, 5.41) is 10.9. The molecule has 0 radical (unpaired) electrons. The van der Waals surface area contributed by atoms with Crippen molar-refractivity contribution in [1.29, 1.82) is 0 Å². The lowest BCUT2D eigenvalue weighted by atomic mass is 10.2. The van der Waals surface area contributed by atoms with Gasteiger partial charge < -0.3 is 10.4 Å².